The average Bonchev–Trinajstić information content (AvgIpc) is 3.25. The number of carbonyl (C=O) groups is 2. The fourth-order valence-electron chi connectivity index (χ4n) is 3.91. The Morgan fingerprint density at radius 3 is 2.49 bits per heavy atom. The van der Waals surface area contributed by atoms with E-state index in [-0.39, 0.29) is 18.1 Å². The lowest BCUT2D eigenvalue weighted by molar-refractivity contribution is -0.121. The number of aryl methyl sites for hydroxylation is 1. The van der Waals surface area contributed by atoms with Gasteiger partial charge in [-0.25, -0.2) is 4.39 Å². The summed E-state index contributed by atoms with van der Waals surface area (Å²) in [6.07, 6.45) is 0.568. The van der Waals surface area contributed by atoms with Crippen LogP contribution in [0.1, 0.15) is 29.3 Å². The molecule has 1 aromatic heterocycles. The van der Waals surface area contributed by atoms with Gasteiger partial charge in [0.05, 0.1) is 13.7 Å². The zero-order chi connectivity index (χ0) is 24.8. The fourth-order valence-corrected chi connectivity index (χ4v) is 3.91. The van der Waals surface area contributed by atoms with E-state index in [0.29, 0.717) is 30.1 Å². The summed E-state index contributed by atoms with van der Waals surface area (Å²) in [6, 6.07) is 18.8. The molecule has 0 atom stereocenters. The lowest BCUT2D eigenvalue weighted by Gasteiger charge is -2.12. The number of amides is 2. The molecule has 3 N–H and O–H groups in total. The van der Waals surface area contributed by atoms with Crippen molar-refractivity contribution in [2.45, 2.75) is 19.8 Å². The van der Waals surface area contributed by atoms with Crippen molar-refractivity contribution in [2.24, 2.45) is 0 Å². The van der Waals surface area contributed by atoms with Gasteiger partial charge in [0.15, 0.2) is 11.5 Å². The molecule has 0 bridgehead atoms. The minimum Gasteiger partial charge on any atom is -0.493 e. The van der Waals surface area contributed by atoms with E-state index in [9.17, 15) is 14.0 Å². The number of nitrogens with one attached hydrogen (secondary N) is 3. The Bertz CT molecular complexity index is 1350. The summed E-state index contributed by atoms with van der Waals surface area (Å²) in [5.41, 5.74) is 8.77. The lowest BCUT2D eigenvalue weighted by Crippen LogP contribution is -2.41. The molecule has 0 spiro atoms. The van der Waals surface area contributed by atoms with E-state index in [0.717, 1.165) is 27.7 Å². The first-order valence-electron chi connectivity index (χ1n) is 11.3. The number of halogens is 1. The largest absolute Gasteiger partial charge is 0.493 e. The van der Waals surface area contributed by atoms with E-state index in [4.69, 9.17) is 9.47 Å². The zero-order valence-corrected chi connectivity index (χ0v) is 19.5. The summed E-state index contributed by atoms with van der Waals surface area (Å²) < 4.78 is 24.1. The Hall–Kier alpha value is -4.33. The Morgan fingerprint density at radius 2 is 1.74 bits per heavy atom. The molecular weight excluding hydrogens is 449 g/mol. The Balaban J connectivity index is 1.43. The Kier molecular flexibility index (Phi) is 7.30. The van der Waals surface area contributed by atoms with E-state index >= 15 is 0 Å². The highest BCUT2D eigenvalue weighted by molar-refractivity contribution is 5.96. The maximum absolute atomic E-state index is 13.4. The molecular formula is C27H26FN3O4. The summed E-state index contributed by atoms with van der Waals surface area (Å²) in [5, 5.41) is 0.991. The van der Waals surface area contributed by atoms with Crippen LogP contribution in [0.15, 0.2) is 66.7 Å². The molecule has 0 saturated heterocycles. The van der Waals surface area contributed by atoms with Crippen LogP contribution in [0.4, 0.5) is 4.39 Å². The molecule has 8 heteroatoms. The van der Waals surface area contributed by atoms with Crippen LogP contribution in [0.5, 0.6) is 11.5 Å². The van der Waals surface area contributed by atoms with Gasteiger partial charge in [-0.15, -0.1) is 0 Å². The fraction of sp³-hybridized carbons (Fsp3) is 0.185. The van der Waals surface area contributed by atoms with Gasteiger partial charge in [-0.2, -0.15) is 0 Å². The van der Waals surface area contributed by atoms with Gasteiger partial charge >= 0.3 is 0 Å². The monoisotopic (exact) mass is 475 g/mol. The van der Waals surface area contributed by atoms with Gasteiger partial charge in [-0.3, -0.25) is 20.4 Å². The van der Waals surface area contributed by atoms with Crippen molar-refractivity contribution in [3.8, 4) is 22.8 Å². The van der Waals surface area contributed by atoms with Gasteiger partial charge < -0.3 is 14.5 Å². The molecule has 4 aromatic rings. The first kappa shape index (κ1) is 23.8. The molecule has 7 nitrogen and oxygen atoms in total. The highest BCUT2D eigenvalue weighted by Crippen LogP contribution is 2.31. The third-order valence-corrected chi connectivity index (χ3v) is 5.59. The van der Waals surface area contributed by atoms with Crippen molar-refractivity contribution in [1.82, 2.24) is 15.8 Å². The second kappa shape index (κ2) is 10.7. The number of fused-ring (bicyclic) bond motifs is 1. The first-order chi connectivity index (χ1) is 17.0. The van der Waals surface area contributed by atoms with Gasteiger partial charge in [0.1, 0.15) is 5.82 Å². The molecule has 3 aromatic carbocycles. The molecule has 0 radical (unpaired) electrons. The second-order valence-electron chi connectivity index (χ2n) is 7.83. The predicted molar refractivity (Wildman–Crippen MR) is 132 cm³/mol. The Labute approximate surface area is 202 Å². The van der Waals surface area contributed by atoms with E-state index in [1.165, 1.54) is 19.2 Å². The number of benzene rings is 3. The van der Waals surface area contributed by atoms with Crippen molar-refractivity contribution >= 4 is 22.7 Å². The molecule has 0 aliphatic rings. The highest BCUT2D eigenvalue weighted by Gasteiger charge is 2.16. The van der Waals surface area contributed by atoms with Crippen LogP contribution in [0, 0.1) is 5.82 Å². The smallest absolute Gasteiger partial charge is 0.269 e. The van der Waals surface area contributed by atoms with Gasteiger partial charge in [0.25, 0.3) is 5.91 Å². The minimum absolute atomic E-state index is 0.142. The molecule has 0 fully saturated rings. The molecule has 0 aliphatic heterocycles. The van der Waals surface area contributed by atoms with Crippen LogP contribution in [0.2, 0.25) is 0 Å². The number of methoxy groups -OCH3 is 1. The lowest BCUT2D eigenvalue weighted by atomic mass is 10.0. The van der Waals surface area contributed by atoms with Crippen LogP contribution in [0.3, 0.4) is 0 Å². The molecule has 35 heavy (non-hydrogen) atoms. The summed E-state index contributed by atoms with van der Waals surface area (Å²) in [5.74, 6) is -0.165. The SMILES string of the molecule is CCOc1ccc(C(=O)NNC(=O)CCc2c(-c3ccc(F)cc3)[nH]c3ccccc23)cc1OC. The van der Waals surface area contributed by atoms with E-state index in [1.54, 1.807) is 30.3 Å². The molecule has 2 amide bonds. The first-order valence-corrected chi connectivity index (χ1v) is 11.3. The van der Waals surface area contributed by atoms with Gasteiger partial charge in [0.2, 0.25) is 5.91 Å². The Morgan fingerprint density at radius 1 is 0.971 bits per heavy atom. The summed E-state index contributed by atoms with van der Waals surface area (Å²) >= 11 is 0. The van der Waals surface area contributed by atoms with Crippen LogP contribution in [0.25, 0.3) is 22.2 Å². The third kappa shape index (κ3) is 5.43. The van der Waals surface area contributed by atoms with Gasteiger partial charge in [-0.1, -0.05) is 18.2 Å². The normalized spacial score (nSPS) is 10.7. The van der Waals surface area contributed by atoms with E-state index in [2.05, 4.69) is 15.8 Å². The quantitative estimate of drug-likeness (QED) is 0.320. The number of aromatic nitrogens is 1. The summed E-state index contributed by atoms with van der Waals surface area (Å²) in [6.45, 7) is 2.33. The third-order valence-electron chi connectivity index (χ3n) is 5.59. The molecule has 0 saturated carbocycles. The maximum atomic E-state index is 13.4. The molecule has 0 unspecified atom stereocenters. The minimum atomic E-state index is -0.473. The van der Waals surface area contributed by atoms with Gasteiger partial charge in [-0.05, 0) is 73.0 Å². The van der Waals surface area contributed by atoms with Crippen LogP contribution >= 0.6 is 0 Å². The maximum Gasteiger partial charge on any atom is 0.269 e. The number of H-pyrrole nitrogens is 1. The second-order valence-corrected chi connectivity index (χ2v) is 7.83. The molecule has 0 aliphatic carbocycles. The van der Waals surface area contributed by atoms with Crippen molar-refractivity contribution < 1.29 is 23.5 Å². The topological polar surface area (TPSA) is 92.5 Å². The molecule has 180 valence electrons. The van der Waals surface area contributed by atoms with Crippen molar-refractivity contribution in [2.75, 3.05) is 13.7 Å². The predicted octanol–water partition coefficient (Wildman–Crippen LogP) is 4.78. The number of ether oxygens (including phenoxy) is 2. The average molecular weight is 476 g/mol. The summed E-state index contributed by atoms with van der Waals surface area (Å²) in [4.78, 5) is 28.4. The number of para-hydroxylation sites is 1. The number of hydrogen-bond donors (Lipinski definition) is 3. The zero-order valence-electron chi connectivity index (χ0n) is 19.5. The number of hydrazine groups is 1. The highest BCUT2D eigenvalue weighted by atomic mass is 19.1. The van der Waals surface area contributed by atoms with Crippen LogP contribution in [-0.4, -0.2) is 30.5 Å². The van der Waals surface area contributed by atoms with Crippen LogP contribution in [-0.2, 0) is 11.2 Å². The van der Waals surface area contributed by atoms with E-state index < -0.39 is 5.91 Å². The summed E-state index contributed by atoms with van der Waals surface area (Å²) in [7, 11) is 1.49. The van der Waals surface area contributed by atoms with Crippen LogP contribution < -0.4 is 20.3 Å². The standard InChI is InChI=1S/C27H26FN3O4/c1-3-35-23-14-10-18(16-24(23)34-2)27(33)31-30-25(32)15-13-21-20-6-4-5-7-22(20)29-26(21)17-8-11-19(28)12-9-17/h4-12,14,16,29H,3,13,15H2,1-2H3,(H,30,32)(H,31,33). The number of carbonyl (C=O) groups excluding carboxylic acids is 2. The number of hydrogen-bond acceptors (Lipinski definition) is 4. The van der Waals surface area contributed by atoms with Crippen molar-refractivity contribution in [3.05, 3.63) is 83.7 Å². The number of rotatable bonds is 8. The number of aromatic amines is 1. The van der Waals surface area contributed by atoms with Gasteiger partial charge in [0, 0.05) is 28.6 Å². The van der Waals surface area contributed by atoms with Crippen molar-refractivity contribution in [1.29, 1.82) is 0 Å². The van der Waals surface area contributed by atoms with E-state index in [1.807, 2.05) is 31.2 Å². The molecule has 4 rings (SSSR count). The van der Waals surface area contributed by atoms with Crippen molar-refractivity contribution in [3.63, 3.8) is 0 Å². The molecule has 1 heterocycles.